The van der Waals surface area contributed by atoms with Crippen molar-refractivity contribution in [2.45, 2.75) is 54.9 Å². The standard InChI is InChI=1S/C10H12O.C10H12.C8H14O3.C6H10NO.C5H7O2.C4H5O.3Y/c1-3-9-5-7-10(8-6-9)11-4-2;1-3-9-5-7-10(4-2)8-6-9;1-4-10-6-7(3)8(9)11-5-2;1-4-6(8)7(3)5-2;1-3-5(6)7-4-2;1-3-4(2)5;;;/h3,5-8H,1,4H2,2H3;3,5-8H,1,4H2,2H3;3-6H2,1-2H3;1,5H2,2-3H3;1,4H2,2H3;1H2,2H3;;;/q;;;3*-1;;;. The number of carbonyl (C=O) groups is 4. The topological polar surface area (TPSA) is 108 Å². The van der Waals surface area contributed by atoms with E-state index in [0.29, 0.717) is 38.5 Å². The van der Waals surface area contributed by atoms with Crippen LogP contribution in [0, 0.1) is 18.2 Å². The fourth-order valence-corrected chi connectivity index (χ4v) is 2.73. The molecule has 2 aromatic rings. The van der Waals surface area contributed by atoms with Crippen LogP contribution in [0.3, 0.4) is 0 Å². The molecule has 0 saturated heterocycles. The molecule has 0 aliphatic carbocycles. The van der Waals surface area contributed by atoms with Gasteiger partial charge in [0.25, 0.3) is 0 Å². The molecule has 9 nitrogen and oxygen atoms in total. The first-order valence-electron chi connectivity index (χ1n) is 16.8. The summed E-state index contributed by atoms with van der Waals surface area (Å²) in [4.78, 5) is 42.5. The second-order valence-corrected chi connectivity index (χ2v) is 9.59. The Morgan fingerprint density at radius 3 is 1.42 bits per heavy atom. The Morgan fingerprint density at radius 2 is 1.15 bits per heavy atom. The Hall–Kier alpha value is -1.97. The normalized spacial score (nSPS) is 8.15. The second-order valence-electron chi connectivity index (χ2n) is 9.59. The fourth-order valence-electron chi connectivity index (χ4n) is 2.73. The van der Waals surface area contributed by atoms with Crippen LogP contribution in [0.5, 0.6) is 5.75 Å². The van der Waals surface area contributed by atoms with Gasteiger partial charge in [-0.2, -0.15) is 0 Å². The van der Waals surface area contributed by atoms with Gasteiger partial charge in [-0.25, -0.2) is 4.79 Å². The molecule has 1 amide bonds. The Kier molecular flexibility index (Phi) is 61.7. The van der Waals surface area contributed by atoms with Gasteiger partial charge >= 0.3 is 5.97 Å². The third kappa shape index (κ3) is 46.3. The summed E-state index contributed by atoms with van der Waals surface area (Å²) < 4.78 is 19.3. The first-order chi connectivity index (χ1) is 24.7. The molecular formula is C43H60NO8Y3-3. The molecule has 0 atom stereocenters. The minimum absolute atomic E-state index is 0. The molecule has 0 aromatic heterocycles. The molecule has 0 heterocycles. The second kappa shape index (κ2) is 50.1. The van der Waals surface area contributed by atoms with E-state index in [9.17, 15) is 19.2 Å². The molecule has 0 spiro atoms. The maximum atomic E-state index is 10.8. The molecule has 2 aromatic carbocycles. The van der Waals surface area contributed by atoms with Crippen molar-refractivity contribution < 1.29 is 136 Å². The number of Topliss-reactive ketones (excluding diaryl/α,β-unsaturated/α-hetero) is 1. The summed E-state index contributed by atoms with van der Waals surface area (Å²) in [6, 6.07) is 16.3. The van der Waals surface area contributed by atoms with Crippen LogP contribution in [-0.2, 0) is 138 Å². The number of allylic oxidation sites excluding steroid dienone is 1. The first kappa shape index (κ1) is 67.8. The molecule has 0 N–H and O–H groups in total. The van der Waals surface area contributed by atoms with Gasteiger partial charge in [-0.3, -0.25) is 24.5 Å². The molecule has 0 bridgehead atoms. The summed E-state index contributed by atoms with van der Waals surface area (Å²) >= 11 is 0. The summed E-state index contributed by atoms with van der Waals surface area (Å²) in [5.41, 5.74) is 4.06. The number of hydrogen-bond acceptors (Lipinski definition) is 8. The van der Waals surface area contributed by atoms with Gasteiger partial charge in [-0.05, 0) is 82.6 Å². The number of benzene rings is 2. The zero-order valence-corrected chi connectivity index (χ0v) is 42.9. The number of hydrogen-bond donors (Lipinski definition) is 0. The van der Waals surface area contributed by atoms with Crippen LogP contribution < -0.4 is 4.74 Å². The van der Waals surface area contributed by atoms with E-state index in [1.165, 1.54) is 23.0 Å². The summed E-state index contributed by atoms with van der Waals surface area (Å²) in [6.45, 7) is 36.1. The van der Waals surface area contributed by atoms with E-state index in [-0.39, 0.29) is 122 Å². The molecule has 3 radical (unpaired) electrons. The summed E-state index contributed by atoms with van der Waals surface area (Å²) in [5.74, 6) is -0.195. The van der Waals surface area contributed by atoms with E-state index < -0.39 is 5.97 Å². The van der Waals surface area contributed by atoms with E-state index in [1.807, 2.05) is 57.2 Å². The van der Waals surface area contributed by atoms with Crippen molar-refractivity contribution in [1.82, 2.24) is 4.90 Å². The van der Waals surface area contributed by atoms with E-state index in [4.69, 9.17) is 9.47 Å². The number of aryl methyl sites for hydroxylation is 1. The van der Waals surface area contributed by atoms with E-state index in [0.717, 1.165) is 17.7 Å². The number of ether oxygens (including phenoxy) is 4. The van der Waals surface area contributed by atoms with Crippen LogP contribution in [0.4, 0.5) is 0 Å². The van der Waals surface area contributed by atoms with Gasteiger partial charge in [0.1, 0.15) is 11.7 Å². The summed E-state index contributed by atoms with van der Waals surface area (Å²) in [7, 11) is 1.71. The number of ketones is 1. The molecule has 0 unspecified atom stereocenters. The predicted molar refractivity (Wildman–Crippen MR) is 213 cm³/mol. The Labute approximate surface area is 408 Å². The largest absolute Gasteiger partial charge is 0.494 e. The molecule has 0 fully saturated rings. The monoisotopic (exact) mass is 985 g/mol. The van der Waals surface area contributed by atoms with Crippen LogP contribution in [0.2, 0.25) is 0 Å². The van der Waals surface area contributed by atoms with Crippen LogP contribution in [0.1, 0.15) is 65.2 Å². The number of carbonyl (C=O) groups excluding carboxylic acids is 4. The predicted octanol–water partition coefficient (Wildman–Crippen LogP) is 8.31. The van der Waals surface area contributed by atoms with Gasteiger partial charge in [0.2, 0.25) is 0 Å². The van der Waals surface area contributed by atoms with Gasteiger partial charge in [-0.1, -0.05) is 75.2 Å². The molecule has 55 heavy (non-hydrogen) atoms. The smallest absolute Gasteiger partial charge is 0.335 e. The van der Waals surface area contributed by atoms with Crippen molar-refractivity contribution in [2.75, 3.05) is 46.6 Å². The van der Waals surface area contributed by atoms with Crippen molar-refractivity contribution in [3.8, 4) is 5.75 Å². The van der Waals surface area contributed by atoms with Crippen LogP contribution >= 0.6 is 0 Å². The molecule has 0 saturated carbocycles. The van der Waals surface area contributed by atoms with Crippen LogP contribution in [-0.4, -0.2) is 75.2 Å². The number of amides is 1. The quantitative estimate of drug-likeness (QED) is 0.0998. The number of nitrogens with zero attached hydrogens (tertiary/aromatic N) is 1. The maximum absolute atomic E-state index is 10.8. The average molecular weight is 986 g/mol. The molecule has 0 aliphatic heterocycles. The zero-order valence-electron chi connectivity index (χ0n) is 34.4. The third-order valence-corrected chi connectivity index (χ3v) is 5.74. The Bertz CT molecular complexity index is 1330. The van der Waals surface area contributed by atoms with Crippen molar-refractivity contribution in [3.05, 3.63) is 128 Å². The van der Waals surface area contributed by atoms with Crippen LogP contribution in [0.15, 0.2) is 93.6 Å². The van der Waals surface area contributed by atoms with Gasteiger partial charge in [0, 0.05) is 118 Å². The Balaban J connectivity index is -0.000000101. The van der Waals surface area contributed by atoms with Crippen molar-refractivity contribution in [2.24, 2.45) is 0 Å². The summed E-state index contributed by atoms with van der Waals surface area (Å²) in [6.07, 6.45) is 11.2. The fraction of sp³-hybridized carbons (Fsp3) is 0.349. The Morgan fingerprint density at radius 1 is 0.691 bits per heavy atom. The first-order valence-corrected chi connectivity index (χ1v) is 16.8. The number of likely N-dealkylation sites (N-methyl/N-ethyl adjacent to an activating group) is 1. The zero-order chi connectivity index (χ0) is 40.7. The van der Waals surface area contributed by atoms with Gasteiger partial charge < -0.3 is 51.7 Å². The van der Waals surface area contributed by atoms with Crippen molar-refractivity contribution >= 4 is 35.8 Å². The molecule has 297 valence electrons. The van der Waals surface area contributed by atoms with Crippen LogP contribution in [0.25, 0.3) is 12.2 Å². The van der Waals surface area contributed by atoms with Crippen molar-refractivity contribution in [3.63, 3.8) is 0 Å². The maximum Gasteiger partial charge on any atom is 0.335 e. The third-order valence-electron chi connectivity index (χ3n) is 5.74. The van der Waals surface area contributed by atoms with E-state index in [1.54, 1.807) is 20.9 Å². The minimum Gasteiger partial charge on any atom is -0.494 e. The molecular weight excluding hydrogens is 925 g/mol. The molecule has 2 rings (SSSR count). The molecule has 12 heteroatoms. The number of esters is 2. The van der Waals surface area contributed by atoms with Gasteiger partial charge in [0.05, 0.1) is 37.9 Å². The van der Waals surface area contributed by atoms with Gasteiger partial charge in [0.15, 0.2) is 0 Å². The van der Waals surface area contributed by atoms with Gasteiger partial charge in [-0.15, -0.1) is 0 Å². The molecule has 0 aliphatic rings. The van der Waals surface area contributed by atoms with E-state index in [2.05, 4.69) is 98.4 Å². The minimum atomic E-state index is -0.484. The van der Waals surface area contributed by atoms with Crippen molar-refractivity contribution in [1.29, 1.82) is 0 Å². The van der Waals surface area contributed by atoms with E-state index >= 15 is 0 Å². The SMILES string of the molecule is C=C(COCC)C(=O)OCC.C=Cc1ccc(CC)cc1.C=Cc1ccc(OCC)cc1.C=[C-]C(=O)N(C)CC.C=[C-]C(=O)OCC.C=[C-]C(C)=O.[Y].[Y].[Y]. The summed E-state index contributed by atoms with van der Waals surface area (Å²) in [5, 5.41) is 0. The average Bonchev–Trinajstić information content (AvgIpc) is 3.18. The number of rotatable bonds is 15.